The molecule has 1 amide bonds. The summed E-state index contributed by atoms with van der Waals surface area (Å²) in [7, 11) is 0. The molecule has 110 valence electrons. The quantitative estimate of drug-likeness (QED) is 0.703. The maximum atomic E-state index is 12.3. The molecule has 0 aromatic rings. The van der Waals surface area contributed by atoms with Crippen molar-refractivity contribution in [2.45, 2.75) is 84.4 Å². The zero-order valence-electron chi connectivity index (χ0n) is 13.1. The molecule has 0 saturated carbocycles. The molecule has 19 heavy (non-hydrogen) atoms. The van der Waals surface area contributed by atoms with Crippen LogP contribution in [-0.2, 0) is 4.74 Å². The number of rotatable bonds is 3. The van der Waals surface area contributed by atoms with E-state index in [2.05, 4.69) is 26.0 Å². The van der Waals surface area contributed by atoms with Gasteiger partial charge < -0.3 is 4.74 Å². The van der Waals surface area contributed by atoms with E-state index in [1.807, 2.05) is 25.7 Å². The number of hydrogen-bond donors (Lipinski definition) is 0. The maximum Gasteiger partial charge on any atom is 0.411 e. The third-order valence-corrected chi connectivity index (χ3v) is 3.37. The molecular weight excluding hydrogens is 238 g/mol. The number of amides is 1. The first kappa shape index (κ1) is 16.1. The molecule has 0 unspecified atom stereocenters. The van der Waals surface area contributed by atoms with Gasteiger partial charge in [0.2, 0.25) is 0 Å². The van der Waals surface area contributed by atoms with Crippen LogP contribution in [0.3, 0.4) is 0 Å². The molecule has 1 fully saturated rings. The molecule has 1 aliphatic heterocycles. The Morgan fingerprint density at radius 3 is 2.63 bits per heavy atom. The normalized spacial score (nSPS) is 24.8. The summed E-state index contributed by atoms with van der Waals surface area (Å²) in [4.78, 5) is 14.3. The van der Waals surface area contributed by atoms with Crippen molar-refractivity contribution in [1.29, 1.82) is 0 Å². The molecule has 0 radical (unpaired) electrons. The molecule has 0 bridgehead atoms. The molecule has 2 atom stereocenters. The lowest BCUT2D eigenvalue weighted by atomic mass is 9.96. The van der Waals surface area contributed by atoms with Gasteiger partial charge in [-0.2, -0.15) is 0 Å². The zero-order valence-corrected chi connectivity index (χ0v) is 13.1. The second-order valence-corrected chi connectivity index (χ2v) is 6.45. The van der Waals surface area contributed by atoms with Crippen LogP contribution in [-0.4, -0.2) is 28.7 Å². The molecular formula is C16H29NO2. The fourth-order valence-electron chi connectivity index (χ4n) is 2.47. The molecule has 0 aliphatic carbocycles. The van der Waals surface area contributed by atoms with E-state index in [0.717, 1.165) is 25.7 Å². The lowest BCUT2D eigenvalue weighted by Gasteiger charge is -2.40. The van der Waals surface area contributed by atoms with Gasteiger partial charge in [0.25, 0.3) is 0 Å². The molecule has 3 heteroatoms. The number of hydrogen-bond acceptors (Lipinski definition) is 2. The van der Waals surface area contributed by atoms with E-state index in [9.17, 15) is 4.79 Å². The maximum absolute atomic E-state index is 12.3. The molecule has 3 nitrogen and oxygen atoms in total. The fraction of sp³-hybridized carbons (Fsp3) is 0.812. The van der Waals surface area contributed by atoms with Crippen molar-refractivity contribution < 1.29 is 9.53 Å². The van der Waals surface area contributed by atoms with E-state index in [1.165, 1.54) is 6.42 Å². The summed E-state index contributed by atoms with van der Waals surface area (Å²) in [6, 6.07) is 0.463. The Hall–Kier alpha value is -0.990. The SMILES string of the molecule is CCC/C=C/[C@@H]1CCC[C@@H](C)N1C(=O)OC(C)(C)C. The second kappa shape index (κ2) is 6.97. The zero-order chi connectivity index (χ0) is 14.5. The average Bonchev–Trinajstić information content (AvgIpc) is 2.26. The summed E-state index contributed by atoms with van der Waals surface area (Å²) in [6.07, 6.45) is 9.72. The predicted molar refractivity (Wildman–Crippen MR) is 79.2 cm³/mol. The molecule has 1 saturated heterocycles. The van der Waals surface area contributed by atoms with Crippen molar-refractivity contribution in [3.63, 3.8) is 0 Å². The van der Waals surface area contributed by atoms with E-state index in [0.29, 0.717) is 0 Å². The summed E-state index contributed by atoms with van der Waals surface area (Å²) >= 11 is 0. The van der Waals surface area contributed by atoms with Crippen molar-refractivity contribution in [2.75, 3.05) is 0 Å². The van der Waals surface area contributed by atoms with E-state index in [1.54, 1.807) is 0 Å². The summed E-state index contributed by atoms with van der Waals surface area (Å²) in [6.45, 7) is 10.0. The Bertz CT molecular complexity index is 317. The van der Waals surface area contributed by atoms with Gasteiger partial charge in [-0.05, 0) is 53.4 Å². The summed E-state index contributed by atoms with van der Waals surface area (Å²) in [5, 5.41) is 0. The van der Waals surface area contributed by atoms with Crippen molar-refractivity contribution in [2.24, 2.45) is 0 Å². The highest BCUT2D eigenvalue weighted by Gasteiger charge is 2.33. The number of nitrogens with zero attached hydrogens (tertiary/aromatic N) is 1. The highest BCUT2D eigenvalue weighted by atomic mass is 16.6. The number of allylic oxidation sites excluding steroid dienone is 1. The topological polar surface area (TPSA) is 29.5 Å². The Morgan fingerprint density at radius 2 is 2.05 bits per heavy atom. The third-order valence-electron chi connectivity index (χ3n) is 3.37. The van der Waals surface area contributed by atoms with Crippen LogP contribution >= 0.6 is 0 Å². The van der Waals surface area contributed by atoms with Gasteiger partial charge in [0, 0.05) is 6.04 Å². The first-order valence-electron chi connectivity index (χ1n) is 7.53. The Labute approximate surface area is 118 Å². The first-order chi connectivity index (χ1) is 8.85. The molecule has 1 aliphatic rings. The van der Waals surface area contributed by atoms with Crippen molar-refractivity contribution in [3.8, 4) is 0 Å². The van der Waals surface area contributed by atoms with Crippen LogP contribution in [0.1, 0.15) is 66.7 Å². The summed E-state index contributed by atoms with van der Waals surface area (Å²) in [5.41, 5.74) is -0.425. The van der Waals surface area contributed by atoms with Gasteiger partial charge in [-0.1, -0.05) is 25.5 Å². The van der Waals surface area contributed by atoms with Crippen LogP contribution in [0.15, 0.2) is 12.2 Å². The van der Waals surface area contributed by atoms with Crippen LogP contribution in [0.25, 0.3) is 0 Å². The summed E-state index contributed by atoms with van der Waals surface area (Å²) in [5.74, 6) is 0. The van der Waals surface area contributed by atoms with Gasteiger partial charge in [0.1, 0.15) is 5.60 Å². The lowest BCUT2D eigenvalue weighted by Crippen LogP contribution is -2.49. The predicted octanol–water partition coefficient (Wildman–Crippen LogP) is 4.52. The minimum Gasteiger partial charge on any atom is -0.444 e. The van der Waals surface area contributed by atoms with Crippen LogP contribution in [0.4, 0.5) is 4.79 Å². The van der Waals surface area contributed by atoms with Crippen molar-refractivity contribution >= 4 is 6.09 Å². The van der Waals surface area contributed by atoms with Crippen molar-refractivity contribution in [3.05, 3.63) is 12.2 Å². The number of likely N-dealkylation sites (tertiary alicyclic amines) is 1. The molecule has 0 aromatic heterocycles. The molecule has 0 aromatic carbocycles. The highest BCUT2D eigenvalue weighted by Crippen LogP contribution is 2.26. The Kier molecular flexibility index (Phi) is 5.89. The standard InChI is InChI=1S/C16H29NO2/c1-6-7-8-11-14-12-9-10-13(2)17(14)15(18)19-16(3,4)5/h8,11,13-14H,6-7,9-10,12H2,1-5H3/b11-8+/t13-,14-/m1/s1. The molecule has 1 rings (SSSR count). The monoisotopic (exact) mass is 267 g/mol. The number of carbonyl (C=O) groups is 1. The van der Waals surface area contributed by atoms with Gasteiger partial charge >= 0.3 is 6.09 Å². The van der Waals surface area contributed by atoms with Crippen LogP contribution in [0.2, 0.25) is 0 Å². The molecule has 0 N–H and O–H groups in total. The Morgan fingerprint density at radius 1 is 1.37 bits per heavy atom. The summed E-state index contributed by atoms with van der Waals surface area (Å²) < 4.78 is 5.54. The minimum absolute atomic E-state index is 0.175. The fourth-order valence-corrected chi connectivity index (χ4v) is 2.47. The van der Waals surface area contributed by atoms with Crippen LogP contribution in [0, 0.1) is 0 Å². The Balaban J connectivity index is 2.74. The minimum atomic E-state index is -0.425. The molecule has 1 heterocycles. The van der Waals surface area contributed by atoms with Crippen molar-refractivity contribution in [1.82, 2.24) is 4.90 Å². The van der Waals surface area contributed by atoms with E-state index in [-0.39, 0.29) is 18.2 Å². The number of unbranched alkanes of at least 4 members (excludes halogenated alkanes) is 1. The van der Waals surface area contributed by atoms with E-state index >= 15 is 0 Å². The lowest BCUT2D eigenvalue weighted by molar-refractivity contribution is 0.00359. The van der Waals surface area contributed by atoms with Gasteiger partial charge in [0.15, 0.2) is 0 Å². The smallest absolute Gasteiger partial charge is 0.411 e. The number of piperidine rings is 1. The second-order valence-electron chi connectivity index (χ2n) is 6.45. The van der Waals surface area contributed by atoms with Crippen LogP contribution in [0.5, 0.6) is 0 Å². The largest absolute Gasteiger partial charge is 0.444 e. The highest BCUT2D eigenvalue weighted by molar-refractivity contribution is 5.69. The number of ether oxygens (including phenoxy) is 1. The van der Waals surface area contributed by atoms with Crippen LogP contribution < -0.4 is 0 Å². The van der Waals surface area contributed by atoms with Gasteiger partial charge in [0.05, 0.1) is 6.04 Å². The van der Waals surface area contributed by atoms with Gasteiger partial charge in [-0.3, -0.25) is 4.90 Å². The van der Waals surface area contributed by atoms with Gasteiger partial charge in [-0.25, -0.2) is 4.79 Å². The van der Waals surface area contributed by atoms with E-state index < -0.39 is 5.60 Å². The third kappa shape index (κ3) is 5.25. The number of carbonyl (C=O) groups excluding carboxylic acids is 1. The average molecular weight is 267 g/mol. The van der Waals surface area contributed by atoms with E-state index in [4.69, 9.17) is 4.74 Å². The first-order valence-corrected chi connectivity index (χ1v) is 7.53. The van der Waals surface area contributed by atoms with Gasteiger partial charge in [-0.15, -0.1) is 0 Å². The molecule has 0 spiro atoms.